The average molecular weight is 197 g/mol. The minimum atomic E-state index is -0.0620. The second-order valence-electron chi connectivity index (χ2n) is 2.24. The van der Waals surface area contributed by atoms with Gasteiger partial charge in [-0.05, 0) is 16.9 Å². The van der Waals surface area contributed by atoms with Crippen LogP contribution in [0.1, 0.15) is 10.9 Å². The molecule has 0 aliphatic rings. The predicted molar refractivity (Wildman–Crippen MR) is 58.2 cm³/mol. The van der Waals surface area contributed by atoms with Crippen molar-refractivity contribution in [3.8, 4) is 0 Å². The van der Waals surface area contributed by atoms with Crippen molar-refractivity contribution in [1.82, 2.24) is 0 Å². The maximum absolute atomic E-state index is 5.91. The molecular formula is C9H11NS2. The molecular weight excluding hydrogens is 186 g/mol. The molecule has 12 heavy (non-hydrogen) atoms. The Kier molecular flexibility index (Phi) is 3.59. The van der Waals surface area contributed by atoms with Crippen LogP contribution in [-0.2, 0) is 0 Å². The number of rotatable bonds is 4. The van der Waals surface area contributed by atoms with E-state index in [9.17, 15) is 0 Å². The van der Waals surface area contributed by atoms with E-state index >= 15 is 0 Å². The highest BCUT2D eigenvalue weighted by molar-refractivity contribution is 8.05. The smallest absolute Gasteiger partial charge is 0.0703 e. The second kappa shape index (κ2) is 4.50. The van der Waals surface area contributed by atoms with Crippen molar-refractivity contribution in [1.29, 1.82) is 0 Å². The van der Waals surface area contributed by atoms with Gasteiger partial charge in [-0.1, -0.05) is 19.2 Å². The van der Waals surface area contributed by atoms with E-state index in [1.165, 1.54) is 11.8 Å². The van der Waals surface area contributed by atoms with Gasteiger partial charge in [-0.15, -0.1) is 23.1 Å². The van der Waals surface area contributed by atoms with Gasteiger partial charge in [0.1, 0.15) is 0 Å². The summed E-state index contributed by atoms with van der Waals surface area (Å²) in [6.45, 7) is 7.49. The number of hydrogen-bond donors (Lipinski definition) is 1. The molecule has 1 atom stereocenters. The van der Waals surface area contributed by atoms with Crippen LogP contribution in [0, 0.1) is 0 Å². The Morgan fingerprint density at radius 1 is 1.75 bits per heavy atom. The third-order valence-corrected chi connectivity index (χ3v) is 3.11. The number of nitrogens with two attached hydrogens (primary N) is 1. The van der Waals surface area contributed by atoms with Gasteiger partial charge in [-0.2, -0.15) is 0 Å². The molecule has 1 heterocycles. The summed E-state index contributed by atoms with van der Waals surface area (Å²) in [5.74, 6) is 0. The molecule has 1 nitrogen and oxygen atoms in total. The summed E-state index contributed by atoms with van der Waals surface area (Å²) < 4.78 is 0. The summed E-state index contributed by atoms with van der Waals surface area (Å²) in [6, 6.07) is 3.95. The van der Waals surface area contributed by atoms with Crippen LogP contribution in [0.4, 0.5) is 0 Å². The van der Waals surface area contributed by atoms with Crippen LogP contribution in [0.5, 0.6) is 0 Å². The van der Waals surface area contributed by atoms with Gasteiger partial charge in [0, 0.05) is 9.78 Å². The lowest BCUT2D eigenvalue weighted by molar-refractivity contribution is 0.925. The zero-order valence-corrected chi connectivity index (χ0v) is 8.33. The first-order valence-electron chi connectivity index (χ1n) is 3.51. The van der Waals surface area contributed by atoms with Crippen LogP contribution in [0.15, 0.2) is 41.0 Å². The van der Waals surface area contributed by atoms with Crippen LogP contribution >= 0.6 is 23.1 Å². The SMILES string of the molecule is C=CSC(=C)C(N)c1cccs1. The van der Waals surface area contributed by atoms with Crippen LogP contribution in [0.25, 0.3) is 0 Å². The van der Waals surface area contributed by atoms with E-state index < -0.39 is 0 Å². The van der Waals surface area contributed by atoms with Crippen LogP contribution in [0.2, 0.25) is 0 Å². The summed E-state index contributed by atoms with van der Waals surface area (Å²) in [5, 5.41) is 3.76. The quantitative estimate of drug-likeness (QED) is 0.802. The zero-order valence-electron chi connectivity index (χ0n) is 6.69. The molecule has 64 valence electrons. The minimum absolute atomic E-state index is 0.0620. The molecule has 0 bridgehead atoms. The molecule has 0 spiro atoms. The van der Waals surface area contributed by atoms with Gasteiger partial charge in [-0.3, -0.25) is 0 Å². The van der Waals surface area contributed by atoms with E-state index in [0.717, 1.165) is 9.78 Å². The lowest BCUT2D eigenvalue weighted by Crippen LogP contribution is -2.08. The van der Waals surface area contributed by atoms with E-state index in [-0.39, 0.29) is 6.04 Å². The minimum Gasteiger partial charge on any atom is -0.319 e. The fraction of sp³-hybridized carbons (Fsp3) is 0.111. The molecule has 3 heteroatoms. The summed E-state index contributed by atoms with van der Waals surface area (Å²) >= 11 is 3.14. The van der Waals surface area contributed by atoms with E-state index in [1.54, 1.807) is 16.7 Å². The Bertz CT molecular complexity index is 264. The highest BCUT2D eigenvalue weighted by Crippen LogP contribution is 2.29. The first-order valence-corrected chi connectivity index (χ1v) is 5.27. The van der Waals surface area contributed by atoms with Gasteiger partial charge in [-0.25, -0.2) is 0 Å². The van der Waals surface area contributed by atoms with Gasteiger partial charge >= 0.3 is 0 Å². The summed E-state index contributed by atoms with van der Waals surface area (Å²) in [6.07, 6.45) is 0. The standard InChI is InChI=1S/C9H11NS2/c1-3-11-7(2)9(10)8-5-4-6-12-8/h3-6,9H,1-2,10H2. The molecule has 0 aromatic carbocycles. The molecule has 1 aromatic rings. The van der Waals surface area contributed by atoms with Crippen LogP contribution in [-0.4, -0.2) is 0 Å². The van der Waals surface area contributed by atoms with Crippen molar-refractivity contribution in [2.75, 3.05) is 0 Å². The van der Waals surface area contributed by atoms with Gasteiger partial charge in [0.25, 0.3) is 0 Å². The number of thiophene rings is 1. The van der Waals surface area contributed by atoms with Crippen LogP contribution in [0.3, 0.4) is 0 Å². The van der Waals surface area contributed by atoms with Crippen molar-refractivity contribution < 1.29 is 0 Å². The highest BCUT2D eigenvalue weighted by atomic mass is 32.2. The monoisotopic (exact) mass is 197 g/mol. The highest BCUT2D eigenvalue weighted by Gasteiger charge is 2.09. The number of thioether (sulfide) groups is 1. The average Bonchev–Trinajstić information content (AvgIpc) is 2.55. The first-order chi connectivity index (χ1) is 5.75. The van der Waals surface area contributed by atoms with E-state index in [1.807, 2.05) is 17.5 Å². The molecule has 0 aliphatic heterocycles. The lowest BCUT2D eigenvalue weighted by atomic mass is 10.2. The van der Waals surface area contributed by atoms with E-state index in [2.05, 4.69) is 13.2 Å². The Balaban J connectivity index is 2.65. The van der Waals surface area contributed by atoms with Crippen molar-refractivity contribution in [3.63, 3.8) is 0 Å². The number of hydrogen-bond acceptors (Lipinski definition) is 3. The van der Waals surface area contributed by atoms with Crippen molar-refractivity contribution in [3.05, 3.63) is 45.9 Å². The molecule has 2 N–H and O–H groups in total. The molecule has 1 aromatic heterocycles. The fourth-order valence-corrected chi connectivity index (χ4v) is 2.13. The second-order valence-corrected chi connectivity index (χ2v) is 4.32. The Morgan fingerprint density at radius 2 is 2.50 bits per heavy atom. The zero-order chi connectivity index (χ0) is 8.97. The van der Waals surface area contributed by atoms with Gasteiger partial charge in [0.05, 0.1) is 6.04 Å². The van der Waals surface area contributed by atoms with Gasteiger partial charge in [0.2, 0.25) is 0 Å². The third-order valence-electron chi connectivity index (χ3n) is 1.43. The summed E-state index contributed by atoms with van der Waals surface area (Å²) in [4.78, 5) is 2.09. The third kappa shape index (κ3) is 2.24. The Hall–Kier alpha value is -0.510. The molecule has 0 aliphatic carbocycles. The Morgan fingerprint density at radius 3 is 3.00 bits per heavy atom. The first kappa shape index (κ1) is 9.58. The Labute approximate surface area is 81.0 Å². The van der Waals surface area contributed by atoms with Crippen LogP contribution < -0.4 is 5.73 Å². The van der Waals surface area contributed by atoms with Crippen molar-refractivity contribution in [2.24, 2.45) is 5.73 Å². The molecule has 0 saturated carbocycles. The predicted octanol–water partition coefficient (Wildman–Crippen LogP) is 3.14. The summed E-state index contributed by atoms with van der Waals surface area (Å²) in [5.41, 5.74) is 5.91. The van der Waals surface area contributed by atoms with Crippen molar-refractivity contribution in [2.45, 2.75) is 6.04 Å². The van der Waals surface area contributed by atoms with Gasteiger partial charge < -0.3 is 5.73 Å². The maximum atomic E-state index is 5.91. The largest absolute Gasteiger partial charge is 0.319 e. The molecule has 0 fully saturated rings. The van der Waals surface area contributed by atoms with Gasteiger partial charge in [0.15, 0.2) is 0 Å². The van der Waals surface area contributed by atoms with Crippen molar-refractivity contribution >= 4 is 23.1 Å². The molecule has 0 saturated heterocycles. The summed E-state index contributed by atoms with van der Waals surface area (Å²) in [7, 11) is 0. The molecule has 1 unspecified atom stereocenters. The fourth-order valence-electron chi connectivity index (χ4n) is 0.807. The van der Waals surface area contributed by atoms with E-state index in [4.69, 9.17) is 5.73 Å². The topological polar surface area (TPSA) is 26.0 Å². The lowest BCUT2D eigenvalue weighted by Gasteiger charge is -2.09. The van der Waals surface area contributed by atoms with E-state index in [0.29, 0.717) is 0 Å². The normalized spacial score (nSPS) is 12.4. The maximum Gasteiger partial charge on any atom is 0.0703 e. The molecule has 0 radical (unpaired) electrons. The molecule has 1 rings (SSSR count). The molecule has 0 amide bonds.